The predicted octanol–water partition coefficient (Wildman–Crippen LogP) is 7.59. The summed E-state index contributed by atoms with van der Waals surface area (Å²) in [7, 11) is 0. The van der Waals surface area contributed by atoms with E-state index in [-0.39, 0.29) is 30.5 Å². The normalized spacial score (nSPS) is 18.1. The van der Waals surface area contributed by atoms with Gasteiger partial charge in [0.15, 0.2) is 0 Å². The van der Waals surface area contributed by atoms with E-state index in [0.717, 1.165) is 18.4 Å². The number of carbonyl (C=O) groups is 2. The standard InChI is InChI=1S/C36H38N2O4/c1-36(2,3)42-35(40)38-33-21-26(33)20-27(19-23-16-17-24-10-4-5-11-25(24)18-23)37-34(39)41-22-32-30-14-8-6-12-28(30)29-13-7-9-15-31(29)32/h4-18,26-27,32-33H,19-22H2,1-3H3,(H,37,39)(H,38,40)/t26-,27-,33+/m1/s1. The van der Waals surface area contributed by atoms with Gasteiger partial charge in [-0.2, -0.15) is 0 Å². The lowest BCUT2D eigenvalue weighted by atomic mass is 9.98. The van der Waals surface area contributed by atoms with Gasteiger partial charge in [-0.25, -0.2) is 9.59 Å². The number of carbonyl (C=O) groups excluding carboxylic acids is 2. The Hall–Kier alpha value is -4.32. The van der Waals surface area contributed by atoms with Gasteiger partial charge in [0.25, 0.3) is 0 Å². The quantitative estimate of drug-likeness (QED) is 0.232. The first-order chi connectivity index (χ1) is 20.2. The molecule has 4 aromatic carbocycles. The van der Waals surface area contributed by atoms with Crippen molar-refractivity contribution >= 4 is 23.0 Å². The van der Waals surface area contributed by atoms with Crippen molar-refractivity contribution in [3.05, 3.63) is 108 Å². The molecule has 0 unspecified atom stereocenters. The molecule has 2 aliphatic rings. The first kappa shape index (κ1) is 27.8. The summed E-state index contributed by atoms with van der Waals surface area (Å²) in [5.74, 6) is 0.268. The van der Waals surface area contributed by atoms with Crippen LogP contribution < -0.4 is 10.6 Å². The van der Waals surface area contributed by atoms with Crippen molar-refractivity contribution in [2.45, 2.75) is 63.6 Å². The van der Waals surface area contributed by atoms with E-state index in [9.17, 15) is 9.59 Å². The molecule has 6 rings (SSSR count). The van der Waals surface area contributed by atoms with Gasteiger partial charge in [0.1, 0.15) is 12.2 Å². The molecule has 1 saturated carbocycles. The van der Waals surface area contributed by atoms with Crippen LogP contribution in [0.1, 0.15) is 56.2 Å². The SMILES string of the molecule is CC(C)(C)OC(=O)N[C@H]1C[C@H]1C[C@@H](Cc1ccc2ccccc2c1)NC(=O)OCC1c2ccccc2-c2ccccc21. The first-order valence-corrected chi connectivity index (χ1v) is 14.8. The minimum Gasteiger partial charge on any atom is -0.449 e. The van der Waals surface area contributed by atoms with Crippen molar-refractivity contribution in [2.75, 3.05) is 6.61 Å². The van der Waals surface area contributed by atoms with Crippen LogP contribution in [0.25, 0.3) is 21.9 Å². The lowest BCUT2D eigenvalue weighted by molar-refractivity contribution is 0.0520. The fraction of sp³-hybridized carbons (Fsp3) is 0.333. The second-order valence-electron chi connectivity index (χ2n) is 12.5. The molecule has 3 atom stereocenters. The number of fused-ring (bicyclic) bond motifs is 4. The summed E-state index contributed by atoms with van der Waals surface area (Å²) in [5.41, 5.74) is 5.39. The van der Waals surface area contributed by atoms with E-state index in [1.807, 2.05) is 57.2 Å². The average molecular weight is 563 g/mol. The summed E-state index contributed by atoms with van der Waals surface area (Å²) in [6.45, 7) is 5.84. The molecular weight excluding hydrogens is 524 g/mol. The highest BCUT2D eigenvalue weighted by molar-refractivity contribution is 5.83. The van der Waals surface area contributed by atoms with Crippen molar-refractivity contribution in [1.82, 2.24) is 10.6 Å². The van der Waals surface area contributed by atoms with Crippen LogP contribution in [-0.2, 0) is 15.9 Å². The largest absolute Gasteiger partial charge is 0.449 e. The molecule has 216 valence electrons. The Bertz CT molecular complexity index is 1560. The molecule has 0 radical (unpaired) electrons. The molecule has 0 aliphatic heterocycles. The molecule has 2 amide bonds. The lowest BCUT2D eigenvalue weighted by Gasteiger charge is -2.21. The first-order valence-electron chi connectivity index (χ1n) is 14.8. The van der Waals surface area contributed by atoms with Crippen LogP contribution in [0, 0.1) is 5.92 Å². The highest BCUT2D eigenvalue weighted by Gasteiger charge is 2.41. The summed E-state index contributed by atoms with van der Waals surface area (Å²) in [5, 5.41) is 8.51. The van der Waals surface area contributed by atoms with Crippen LogP contribution in [0.2, 0.25) is 0 Å². The molecule has 0 saturated heterocycles. The maximum atomic E-state index is 13.2. The van der Waals surface area contributed by atoms with Crippen LogP contribution in [-0.4, -0.2) is 36.5 Å². The molecule has 0 aromatic heterocycles. The highest BCUT2D eigenvalue weighted by Crippen LogP contribution is 2.44. The van der Waals surface area contributed by atoms with E-state index in [4.69, 9.17) is 9.47 Å². The molecule has 0 heterocycles. The number of rotatable bonds is 8. The summed E-state index contributed by atoms with van der Waals surface area (Å²) < 4.78 is 11.3. The third-order valence-corrected chi connectivity index (χ3v) is 8.17. The number of benzene rings is 4. The number of amides is 2. The van der Waals surface area contributed by atoms with E-state index in [0.29, 0.717) is 6.42 Å². The van der Waals surface area contributed by atoms with Gasteiger partial charge >= 0.3 is 12.2 Å². The van der Waals surface area contributed by atoms with E-state index in [2.05, 4.69) is 65.2 Å². The minimum absolute atomic E-state index is 0.00734. The summed E-state index contributed by atoms with van der Waals surface area (Å²) in [6.07, 6.45) is 1.45. The van der Waals surface area contributed by atoms with Crippen LogP contribution in [0.5, 0.6) is 0 Å². The number of nitrogens with one attached hydrogen (secondary N) is 2. The average Bonchev–Trinajstić information content (AvgIpc) is 3.59. The summed E-state index contributed by atoms with van der Waals surface area (Å²) >= 11 is 0. The van der Waals surface area contributed by atoms with Crippen LogP contribution in [0.4, 0.5) is 9.59 Å². The number of alkyl carbamates (subject to hydrolysis) is 2. The van der Waals surface area contributed by atoms with E-state index in [1.54, 1.807) is 0 Å². The zero-order valence-corrected chi connectivity index (χ0v) is 24.4. The van der Waals surface area contributed by atoms with Gasteiger partial charge in [0, 0.05) is 18.0 Å². The number of hydrogen-bond acceptors (Lipinski definition) is 4. The Labute approximate surface area is 247 Å². The molecule has 2 N–H and O–H groups in total. The van der Waals surface area contributed by atoms with Gasteiger partial charge in [-0.15, -0.1) is 0 Å². The zero-order chi connectivity index (χ0) is 29.3. The Balaban J connectivity index is 1.12. The van der Waals surface area contributed by atoms with Crippen molar-refractivity contribution in [1.29, 1.82) is 0 Å². The van der Waals surface area contributed by atoms with Crippen LogP contribution in [0.3, 0.4) is 0 Å². The fourth-order valence-corrected chi connectivity index (χ4v) is 6.16. The van der Waals surface area contributed by atoms with Gasteiger partial charge in [-0.1, -0.05) is 91.0 Å². The predicted molar refractivity (Wildman–Crippen MR) is 166 cm³/mol. The number of ether oxygens (including phenoxy) is 2. The van der Waals surface area contributed by atoms with Gasteiger partial charge in [-0.3, -0.25) is 0 Å². The second-order valence-corrected chi connectivity index (χ2v) is 12.5. The minimum atomic E-state index is -0.543. The molecule has 6 heteroatoms. The molecule has 6 nitrogen and oxygen atoms in total. The Morgan fingerprint density at radius 2 is 1.48 bits per heavy atom. The third-order valence-electron chi connectivity index (χ3n) is 8.17. The Morgan fingerprint density at radius 3 is 2.17 bits per heavy atom. The molecular formula is C36H38N2O4. The number of hydrogen-bond donors (Lipinski definition) is 2. The van der Waals surface area contributed by atoms with Crippen molar-refractivity contribution in [3.8, 4) is 11.1 Å². The molecule has 0 spiro atoms. The topological polar surface area (TPSA) is 76.7 Å². The summed E-state index contributed by atoms with van der Waals surface area (Å²) in [6, 6.07) is 31.3. The molecule has 0 bridgehead atoms. The van der Waals surface area contributed by atoms with Crippen LogP contribution >= 0.6 is 0 Å². The van der Waals surface area contributed by atoms with Gasteiger partial charge in [0.05, 0.1) is 0 Å². The van der Waals surface area contributed by atoms with Gasteiger partial charge in [-0.05, 0) is 84.5 Å². The Morgan fingerprint density at radius 1 is 0.833 bits per heavy atom. The van der Waals surface area contributed by atoms with Crippen molar-refractivity contribution in [2.24, 2.45) is 5.92 Å². The zero-order valence-electron chi connectivity index (χ0n) is 24.4. The van der Waals surface area contributed by atoms with Crippen molar-refractivity contribution in [3.63, 3.8) is 0 Å². The smallest absolute Gasteiger partial charge is 0.407 e. The van der Waals surface area contributed by atoms with E-state index < -0.39 is 17.8 Å². The van der Waals surface area contributed by atoms with Crippen molar-refractivity contribution < 1.29 is 19.1 Å². The summed E-state index contributed by atoms with van der Waals surface area (Å²) in [4.78, 5) is 25.5. The maximum absolute atomic E-state index is 13.2. The lowest BCUT2D eigenvalue weighted by Crippen LogP contribution is -2.39. The highest BCUT2D eigenvalue weighted by atomic mass is 16.6. The van der Waals surface area contributed by atoms with Gasteiger partial charge < -0.3 is 20.1 Å². The third kappa shape index (κ3) is 6.43. The molecule has 2 aliphatic carbocycles. The monoisotopic (exact) mass is 562 g/mol. The Kier molecular flexibility index (Phi) is 7.63. The van der Waals surface area contributed by atoms with E-state index >= 15 is 0 Å². The maximum Gasteiger partial charge on any atom is 0.407 e. The van der Waals surface area contributed by atoms with Gasteiger partial charge in [0.2, 0.25) is 0 Å². The molecule has 42 heavy (non-hydrogen) atoms. The fourth-order valence-electron chi connectivity index (χ4n) is 6.16. The van der Waals surface area contributed by atoms with E-state index in [1.165, 1.54) is 33.0 Å². The second kappa shape index (κ2) is 11.5. The molecule has 4 aromatic rings. The van der Waals surface area contributed by atoms with Crippen LogP contribution in [0.15, 0.2) is 91.0 Å². The molecule has 1 fully saturated rings.